The van der Waals surface area contributed by atoms with Gasteiger partial charge >= 0.3 is 5.97 Å². The van der Waals surface area contributed by atoms with Crippen molar-refractivity contribution in [1.82, 2.24) is 0 Å². The maximum atomic E-state index is 11.3. The van der Waals surface area contributed by atoms with Gasteiger partial charge in [0.2, 0.25) is 0 Å². The van der Waals surface area contributed by atoms with Crippen molar-refractivity contribution in [3.8, 4) is 5.75 Å². The van der Waals surface area contributed by atoms with Crippen molar-refractivity contribution in [2.75, 3.05) is 25.0 Å². The Balaban J connectivity index is 3.05. The number of nitrogens with two attached hydrogens (primary N) is 1. The molecule has 0 unspecified atom stereocenters. The number of benzene rings is 1. The predicted molar refractivity (Wildman–Crippen MR) is 74.6 cm³/mol. The third-order valence-electron chi connectivity index (χ3n) is 2.43. The maximum Gasteiger partial charge on any atom is 0.322 e. The number of carboxylic acid groups (broad SMARTS) is 1. The summed E-state index contributed by atoms with van der Waals surface area (Å²) >= 11 is 0. The Morgan fingerprint density at radius 1 is 1.45 bits per heavy atom. The molecule has 0 fully saturated rings. The third-order valence-corrected chi connectivity index (χ3v) is 2.43. The fourth-order valence-corrected chi connectivity index (χ4v) is 1.51. The number of ketones is 1. The molecule has 0 heterocycles. The topological polar surface area (TPSA) is 126 Å². The number of anilines is 1. The molecular weight excluding hydrogens is 262 g/mol. The molecule has 5 N–H and O–H groups in total. The second kappa shape index (κ2) is 7.25. The lowest BCUT2D eigenvalue weighted by molar-refractivity contribution is -0.134. The Morgan fingerprint density at radius 2 is 2.15 bits per heavy atom. The van der Waals surface area contributed by atoms with Crippen LogP contribution in [0.2, 0.25) is 0 Å². The monoisotopic (exact) mass is 279 g/mol. The van der Waals surface area contributed by atoms with Gasteiger partial charge in [-0.05, 0) is 18.2 Å². The van der Waals surface area contributed by atoms with Gasteiger partial charge in [-0.15, -0.1) is 0 Å². The Kier molecular flexibility index (Phi) is 5.67. The highest BCUT2D eigenvalue weighted by molar-refractivity contribution is 6.45. The van der Waals surface area contributed by atoms with Gasteiger partial charge in [-0.1, -0.05) is 0 Å². The third kappa shape index (κ3) is 4.36. The average Bonchev–Trinajstić information content (AvgIpc) is 2.42. The van der Waals surface area contributed by atoms with E-state index in [0.29, 0.717) is 30.2 Å². The first kappa shape index (κ1) is 15.6. The fraction of sp³-hybridized carbons (Fsp3) is 0.308. The van der Waals surface area contributed by atoms with Crippen molar-refractivity contribution >= 4 is 23.2 Å². The van der Waals surface area contributed by atoms with E-state index in [9.17, 15) is 9.59 Å². The molecule has 108 valence electrons. The van der Waals surface area contributed by atoms with Crippen molar-refractivity contribution in [1.29, 1.82) is 5.41 Å². The van der Waals surface area contributed by atoms with Crippen molar-refractivity contribution in [2.24, 2.45) is 5.73 Å². The molecule has 0 saturated carbocycles. The van der Waals surface area contributed by atoms with Crippen LogP contribution in [0.4, 0.5) is 5.69 Å². The highest BCUT2D eigenvalue weighted by Crippen LogP contribution is 2.23. The molecular formula is C13H17N3O4. The van der Waals surface area contributed by atoms with Crippen LogP contribution in [-0.4, -0.2) is 42.3 Å². The summed E-state index contributed by atoms with van der Waals surface area (Å²) in [4.78, 5) is 21.9. The quantitative estimate of drug-likeness (QED) is 0.513. The first-order valence-electron chi connectivity index (χ1n) is 5.98. The molecule has 0 bridgehead atoms. The van der Waals surface area contributed by atoms with Crippen molar-refractivity contribution in [2.45, 2.75) is 6.92 Å². The van der Waals surface area contributed by atoms with Crippen LogP contribution in [-0.2, 0) is 9.59 Å². The summed E-state index contributed by atoms with van der Waals surface area (Å²) in [6.07, 6.45) is 0. The van der Waals surface area contributed by atoms with Crippen LogP contribution in [0.15, 0.2) is 18.2 Å². The minimum absolute atomic E-state index is 0.212. The SMILES string of the molecule is CC(=O)C(=N)c1cc(OCCN)ccc1NCC(=O)O. The zero-order chi connectivity index (χ0) is 15.1. The zero-order valence-corrected chi connectivity index (χ0v) is 11.1. The van der Waals surface area contributed by atoms with E-state index in [-0.39, 0.29) is 12.3 Å². The van der Waals surface area contributed by atoms with E-state index in [1.165, 1.54) is 13.0 Å². The fourth-order valence-electron chi connectivity index (χ4n) is 1.51. The molecule has 1 aromatic rings. The summed E-state index contributed by atoms with van der Waals surface area (Å²) in [5.41, 5.74) is 5.82. The molecule has 0 amide bonds. The Labute approximate surface area is 116 Å². The molecule has 0 aliphatic rings. The summed E-state index contributed by atoms with van der Waals surface area (Å²) in [7, 11) is 0. The minimum Gasteiger partial charge on any atom is -0.492 e. The number of carboxylic acids is 1. The van der Waals surface area contributed by atoms with Crippen LogP contribution in [0.3, 0.4) is 0 Å². The number of aliphatic carboxylic acids is 1. The van der Waals surface area contributed by atoms with Gasteiger partial charge in [-0.25, -0.2) is 0 Å². The zero-order valence-electron chi connectivity index (χ0n) is 11.1. The van der Waals surface area contributed by atoms with E-state index in [0.717, 1.165) is 0 Å². The van der Waals surface area contributed by atoms with Crippen LogP contribution in [0.5, 0.6) is 5.75 Å². The molecule has 0 radical (unpaired) electrons. The van der Waals surface area contributed by atoms with Gasteiger partial charge in [0.05, 0.1) is 0 Å². The molecule has 7 heteroatoms. The number of rotatable bonds is 8. The largest absolute Gasteiger partial charge is 0.492 e. The van der Waals surface area contributed by atoms with Crippen LogP contribution >= 0.6 is 0 Å². The lowest BCUT2D eigenvalue weighted by Gasteiger charge is -2.13. The van der Waals surface area contributed by atoms with Crippen LogP contribution < -0.4 is 15.8 Å². The van der Waals surface area contributed by atoms with Gasteiger partial charge in [0.1, 0.15) is 24.6 Å². The Hall–Kier alpha value is -2.41. The highest BCUT2D eigenvalue weighted by Gasteiger charge is 2.14. The van der Waals surface area contributed by atoms with Crippen molar-refractivity contribution < 1.29 is 19.4 Å². The van der Waals surface area contributed by atoms with Gasteiger partial charge < -0.3 is 20.9 Å². The number of hydrogen-bond acceptors (Lipinski definition) is 6. The molecule has 0 atom stereocenters. The van der Waals surface area contributed by atoms with Crippen molar-refractivity contribution in [3.63, 3.8) is 0 Å². The summed E-state index contributed by atoms with van der Waals surface area (Å²) in [5, 5.41) is 19.1. The van der Waals surface area contributed by atoms with Crippen molar-refractivity contribution in [3.05, 3.63) is 23.8 Å². The van der Waals surface area contributed by atoms with E-state index in [1.807, 2.05) is 0 Å². The molecule has 0 aromatic heterocycles. The van der Waals surface area contributed by atoms with E-state index in [2.05, 4.69) is 5.32 Å². The molecule has 0 saturated heterocycles. The van der Waals surface area contributed by atoms with Crippen LogP contribution in [0.1, 0.15) is 12.5 Å². The molecule has 1 rings (SSSR count). The van der Waals surface area contributed by atoms with E-state index < -0.39 is 11.8 Å². The molecule has 7 nitrogen and oxygen atoms in total. The van der Waals surface area contributed by atoms with Gasteiger partial charge in [-0.3, -0.25) is 15.0 Å². The summed E-state index contributed by atoms with van der Waals surface area (Å²) in [5.74, 6) is -0.981. The summed E-state index contributed by atoms with van der Waals surface area (Å²) in [6, 6.07) is 4.71. The highest BCUT2D eigenvalue weighted by atomic mass is 16.5. The smallest absolute Gasteiger partial charge is 0.322 e. The van der Waals surface area contributed by atoms with Gasteiger partial charge in [0.15, 0.2) is 5.78 Å². The van der Waals surface area contributed by atoms with Gasteiger partial charge in [0, 0.05) is 24.7 Å². The number of carbonyl (C=O) groups excluding carboxylic acids is 1. The van der Waals surface area contributed by atoms with E-state index in [1.54, 1.807) is 12.1 Å². The number of nitrogens with one attached hydrogen (secondary N) is 2. The van der Waals surface area contributed by atoms with E-state index in [4.69, 9.17) is 21.0 Å². The van der Waals surface area contributed by atoms with Crippen LogP contribution in [0, 0.1) is 5.41 Å². The minimum atomic E-state index is -1.03. The number of ether oxygens (including phenoxy) is 1. The number of carbonyl (C=O) groups is 2. The molecule has 0 aliphatic heterocycles. The lowest BCUT2D eigenvalue weighted by atomic mass is 10.0. The van der Waals surface area contributed by atoms with Gasteiger partial charge in [0.25, 0.3) is 0 Å². The standard InChI is InChI=1S/C13H17N3O4/c1-8(17)13(15)10-6-9(20-5-4-14)2-3-11(10)16-7-12(18)19/h2-3,6,15-16H,4-5,7,14H2,1H3,(H,18,19). The first-order chi connectivity index (χ1) is 9.45. The maximum absolute atomic E-state index is 11.3. The average molecular weight is 279 g/mol. The normalized spacial score (nSPS) is 9.90. The number of Topliss-reactive ketones (excluding diaryl/α,β-unsaturated/α-hetero) is 1. The lowest BCUT2D eigenvalue weighted by Crippen LogP contribution is -2.18. The molecule has 0 aliphatic carbocycles. The van der Waals surface area contributed by atoms with E-state index >= 15 is 0 Å². The van der Waals surface area contributed by atoms with Crippen LogP contribution in [0.25, 0.3) is 0 Å². The second-order valence-electron chi connectivity index (χ2n) is 4.02. The summed E-state index contributed by atoms with van der Waals surface area (Å²) < 4.78 is 5.33. The Bertz CT molecular complexity index is 528. The molecule has 20 heavy (non-hydrogen) atoms. The Morgan fingerprint density at radius 3 is 2.70 bits per heavy atom. The van der Waals surface area contributed by atoms with Gasteiger partial charge in [-0.2, -0.15) is 0 Å². The molecule has 0 spiro atoms. The predicted octanol–water partition coefficient (Wildman–Crippen LogP) is 0.477. The number of hydrogen-bond donors (Lipinski definition) is 4. The summed E-state index contributed by atoms with van der Waals surface area (Å²) in [6.45, 7) is 1.63. The molecule has 1 aromatic carbocycles. The second-order valence-corrected chi connectivity index (χ2v) is 4.02. The first-order valence-corrected chi connectivity index (χ1v) is 5.98.